The van der Waals surface area contributed by atoms with Crippen LogP contribution in [0, 0.1) is 0 Å². The van der Waals surface area contributed by atoms with Crippen molar-refractivity contribution in [2.75, 3.05) is 19.0 Å². The van der Waals surface area contributed by atoms with Crippen LogP contribution < -0.4 is 10.1 Å². The van der Waals surface area contributed by atoms with Gasteiger partial charge in [0.15, 0.2) is 6.61 Å². The Hall–Kier alpha value is -2.50. The number of hydrogen-bond acceptors (Lipinski definition) is 4. The Morgan fingerprint density at radius 2 is 1.88 bits per heavy atom. The lowest BCUT2D eigenvalue weighted by Crippen LogP contribution is -2.20. The molecule has 0 aliphatic rings. The summed E-state index contributed by atoms with van der Waals surface area (Å²) in [4.78, 5) is 23.5. The monoisotopic (exact) mass is 379 g/mol. The van der Waals surface area contributed by atoms with Gasteiger partial charge >= 0.3 is 5.97 Å². The van der Waals surface area contributed by atoms with E-state index in [-0.39, 0.29) is 0 Å². The summed E-state index contributed by atoms with van der Waals surface area (Å²) >= 11 is 11.7. The van der Waals surface area contributed by atoms with Crippen molar-refractivity contribution in [3.8, 4) is 5.75 Å². The van der Waals surface area contributed by atoms with Gasteiger partial charge in [-0.2, -0.15) is 0 Å². The molecule has 5 nitrogen and oxygen atoms in total. The van der Waals surface area contributed by atoms with E-state index in [2.05, 4.69) is 5.32 Å². The molecule has 130 valence electrons. The third-order valence-corrected chi connectivity index (χ3v) is 3.82. The molecule has 2 rings (SSSR count). The third kappa shape index (κ3) is 5.81. The molecule has 0 bridgehead atoms. The number of amides is 1. The van der Waals surface area contributed by atoms with E-state index in [1.54, 1.807) is 42.5 Å². The van der Waals surface area contributed by atoms with Crippen molar-refractivity contribution in [2.24, 2.45) is 0 Å². The Bertz CT molecular complexity index is 805. The van der Waals surface area contributed by atoms with Crippen LogP contribution in [0.5, 0.6) is 5.75 Å². The minimum atomic E-state index is -0.652. The Kier molecular flexibility index (Phi) is 6.86. The number of methoxy groups -OCH3 is 1. The van der Waals surface area contributed by atoms with Gasteiger partial charge in [0, 0.05) is 6.08 Å². The maximum atomic E-state index is 11.8. The van der Waals surface area contributed by atoms with Crippen LogP contribution >= 0.6 is 23.2 Å². The fourth-order valence-electron chi connectivity index (χ4n) is 1.90. The van der Waals surface area contributed by atoms with E-state index in [0.717, 1.165) is 0 Å². The maximum absolute atomic E-state index is 11.8. The van der Waals surface area contributed by atoms with Gasteiger partial charge in [-0.15, -0.1) is 0 Å². The highest BCUT2D eigenvalue weighted by molar-refractivity contribution is 6.42. The molecule has 1 amide bonds. The van der Waals surface area contributed by atoms with E-state index in [4.69, 9.17) is 32.7 Å². The van der Waals surface area contributed by atoms with E-state index in [1.165, 1.54) is 19.3 Å². The molecule has 0 heterocycles. The minimum absolute atomic E-state index is 0.383. The van der Waals surface area contributed by atoms with Crippen LogP contribution in [0.2, 0.25) is 10.0 Å². The van der Waals surface area contributed by atoms with Crippen molar-refractivity contribution in [3.05, 3.63) is 64.1 Å². The number of esters is 1. The predicted molar refractivity (Wildman–Crippen MR) is 98.1 cm³/mol. The molecule has 25 heavy (non-hydrogen) atoms. The fraction of sp³-hybridized carbons (Fsp3) is 0.111. The summed E-state index contributed by atoms with van der Waals surface area (Å²) in [6.07, 6.45) is 2.72. The molecule has 0 unspecified atom stereocenters. The summed E-state index contributed by atoms with van der Waals surface area (Å²) in [7, 11) is 1.50. The Balaban J connectivity index is 1.85. The molecule has 0 fully saturated rings. The molecule has 0 aliphatic heterocycles. The second-order valence-electron chi connectivity index (χ2n) is 4.86. The summed E-state index contributed by atoms with van der Waals surface area (Å²) in [5.74, 6) is -0.608. The summed E-state index contributed by atoms with van der Waals surface area (Å²) in [6, 6.07) is 11.9. The van der Waals surface area contributed by atoms with Crippen molar-refractivity contribution < 1.29 is 19.1 Å². The summed E-state index contributed by atoms with van der Waals surface area (Å²) < 4.78 is 10.0. The molecule has 0 saturated heterocycles. The normalized spacial score (nSPS) is 10.5. The number of rotatable bonds is 6. The SMILES string of the molecule is COc1ccccc1NC(=O)COC(=O)C=Cc1ccc(Cl)c(Cl)c1. The van der Waals surface area contributed by atoms with Crippen LogP contribution in [0.25, 0.3) is 6.08 Å². The highest BCUT2D eigenvalue weighted by Crippen LogP contribution is 2.23. The standard InChI is InChI=1S/C18H15Cl2NO4/c1-24-16-5-3-2-4-15(16)21-17(22)11-25-18(23)9-7-12-6-8-13(19)14(20)10-12/h2-10H,11H2,1H3,(H,21,22). The summed E-state index contributed by atoms with van der Waals surface area (Å²) in [5, 5.41) is 3.42. The van der Waals surface area contributed by atoms with Crippen molar-refractivity contribution in [1.29, 1.82) is 0 Å². The third-order valence-electron chi connectivity index (χ3n) is 3.08. The lowest BCUT2D eigenvalue weighted by atomic mass is 10.2. The van der Waals surface area contributed by atoms with Gasteiger partial charge < -0.3 is 14.8 Å². The number of benzene rings is 2. The Labute approximate surface area is 155 Å². The molecule has 0 aromatic heterocycles. The van der Waals surface area contributed by atoms with Gasteiger partial charge in [-0.3, -0.25) is 4.79 Å². The quantitative estimate of drug-likeness (QED) is 0.603. The second kappa shape index (κ2) is 9.11. The van der Waals surface area contributed by atoms with Gasteiger partial charge in [0.1, 0.15) is 5.75 Å². The molecule has 7 heteroatoms. The zero-order valence-corrected chi connectivity index (χ0v) is 14.8. The number of carbonyl (C=O) groups excluding carboxylic acids is 2. The van der Waals surface area contributed by atoms with E-state index in [9.17, 15) is 9.59 Å². The first-order valence-corrected chi connectivity index (χ1v) is 7.98. The van der Waals surface area contributed by atoms with Crippen molar-refractivity contribution in [1.82, 2.24) is 0 Å². The van der Waals surface area contributed by atoms with E-state index in [0.29, 0.717) is 27.0 Å². The van der Waals surface area contributed by atoms with Gasteiger partial charge in [-0.1, -0.05) is 41.4 Å². The van der Waals surface area contributed by atoms with E-state index < -0.39 is 18.5 Å². The smallest absolute Gasteiger partial charge is 0.331 e. The molecule has 0 saturated carbocycles. The number of ether oxygens (including phenoxy) is 2. The molecule has 0 radical (unpaired) electrons. The first kappa shape index (κ1) is 18.8. The first-order valence-electron chi connectivity index (χ1n) is 7.22. The first-order chi connectivity index (χ1) is 12.0. The molecule has 0 spiro atoms. The fourth-order valence-corrected chi connectivity index (χ4v) is 2.21. The van der Waals surface area contributed by atoms with Crippen LogP contribution in [-0.4, -0.2) is 25.6 Å². The molecule has 2 aromatic rings. The number of anilines is 1. The van der Waals surface area contributed by atoms with Gasteiger partial charge in [-0.25, -0.2) is 4.79 Å². The number of hydrogen-bond donors (Lipinski definition) is 1. The molecular formula is C18H15Cl2NO4. The zero-order valence-electron chi connectivity index (χ0n) is 13.3. The van der Waals surface area contributed by atoms with Crippen LogP contribution in [0.1, 0.15) is 5.56 Å². The Morgan fingerprint density at radius 1 is 1.12 bits per heavy atom. The zero-order chi connectivity index (χ0) is 18.2. The van der Waals surface area contributed by atoms with Crippen LogP contribution in [0.15, 0.2) is 48.5 Å². The minimum Gasteiger partial charge on any atom is -0.495 e. The maximum Gasteiger partial charge on any atom is 0.331 e. The molecule has 0 atom stereocenters. The molecular weight excluding hydrogens is 365 g/mol. The average molecular weight is 380 g/mol. The average Bonchev–Trinajstić information content (AvgIpc) is 2.61. The summed E-state index contributed by atoms with van der Waals surface area (Å²) in [6.45, 7) is -0.414. The molecule has 2 aromatic carbocycles. The second-order valence-corrected chi connectivity index (χ2v) is 5.68. The van der Waals surface area contributed by atoms with Crippen LogP contribution in [0.4, 0.5) is 5.69 Å². The Morgan fingerprint density at radius 3 is 2.60 bits per heavy atom. The van der Waals surface area contributed by atoms with Crippen molar-refractivity contribution >= 4 is 46.8 Å². The highest BCUT2D eigenvalue weighted by Gasteiger charge is 2.08. The number of halogens is 2. The predicted octanol–water partition coefficient (Wildman–Crippen LogP) is 4.20. The van der Waals surface area contributed by atoms with Gasteiger partial charge in [0.25, 0.3) is 5.91 Å². The van der Waals surface area contributed by atoms with Gasteiger partial charge in [-0.05, 0) is 35.9 Å². The van der Waals surface area contributed by atoms with Crippen LogP contribution in [0.3, 0.4) is 0 Å². The largest absolute Gasteiger partial charge is 0.495 e. The van der Waals surface area contributed by atoms with Crippen molar-refractivity contribution in [3.63, 3.8) is 0 Å². The molecule has 0 aliphatic carbocycles. The topological polar surface area (TPSA) is 64.6 Å². The lowest BCUT2D eigenvalue weighted by Gasteiger charge is -2.09. The van der Waals surface area contributed by atoms with Gasteiger partial charge in [0.2, 0.25) is 0 Å². The number of nitrogens with one attached hydrogen (secondary N) is 1. The molecule has 1 N–H and O–H groups in total. The highest BCUT2D eigenvalue weighted by atomic mass is 35.5. The number of para-hydroxylation sites is 2. The van der Waals surface area contributed by atoms with Crippen LogP contribution in [-0.2, 0) is 14.3 Å². The number of carbonyl (C=O) groups is 2. The van der Waals surface area contributed by atoms with Gasteiger partial charge in [0.05, 0.1) is 22.8 Å². The van der Waals surface area contributed by atoms with E-state index >= 15 is 0 Å². The summed E-state index contributed by atoms with van der Waals surface area (Å²) in [5.41, 5.74) is 1.18. The van der Waals surface area contributed by atoms with E-state index in [1.807, 2.05) is 0 Å². The lowest BCUT2D eigenvalue weighted by molar-refractivity contribution is -0.142. The van der Waals surface area contributed by atoms with Crippen molar-refractivity contribution in [2.45, 2.75) is 0 Å².